The van der Waals surface area contributed by atoms with Gasteiger partial charge < -0.3 is 15.3 Å². The Hall–Kier alpha value is -2.63. The molecule has 4 aromatic rings. The Labute approximate surface area is 168 Å². The number of fused-ring (bicyclic) bond motifs is 1. The molecule has 0 bridgehead atoms. The van der Waals surface area contributed by atoms with Crippen molar-refractivity contribution in [2.24, 2.45) is 0 Å². The predicted molar refractivity (Wildman–Crippen MR) is 109 cm³/mol. The molecule has 0 amide bonds. The molecule has 0 aromatic carbocycles. The molecule has 28 heavy (non-hydrogen) atoms. The fraction of sp³-hybridized carbons (Fsp3) is 0.353. The van der Waals surface area contributed by atoms with E-state index >= 15 is 0 Å². The summed E-state index contributed by atoms with van der Waals surface area (Å²) in [5.41, 5.74) is 1.04. The summed E-state index contributed by atoms with van der Waals surface area (Å²) in [6, 6.07) is 2.09. The van der Waals surface area contributed by atoms with Crippen LogP contribution in [-0.2, 0) is 0 Å². The lowest BCUT2D eigenvalue weighted by molar-refractivity contribution is 0.443. The normalized spacial score (nSPS) is 15.3. The number of aromatic hydroxyl groups is 1. The highest BCUT2D eigenvalue weighted by Gasteiger charge is 2.22. The lowest BCUT2D eigenvalue weighted by Gasteiger charge is -2.31. The number of anilines is 1. The Bertz CT molecular complexity index is 1070. The minimum atomic E-state index is 0.0447. The number of nitrogens with one attached hydrogen (secondary N) is 1. The van der Waals surface area contributed by atoms with Crippen LogP contribution in [0.2, 0.25) is 0 Å². The van der Waals surface area contributed by atoms with Gasteiger partial charge in [0.2, 0.25) is 0 Å². The number of aromatic nitrogens is 6. The molecule has 1 saturated heterocycles. The monoisotopic (exact) mass is 414 g/mol. The van der Waals surface area contributed by atoms with E-state index in [1.165, 1.54) is 16.1 Å². The summed E-state index contributed by atoms with van der Waals surface area (Å²) in [4.78, 5) is 19.2. The van der Waals surface area contributed by atoms with Crippen molar-refractivity contribution >= 4 is 37.5 Å². The molecule has 144 valence electrons. The fourth-order valence-electron chi connectivity index (χ4n) is 3.30. The van der Waals surface area contributed by atoms with Crippen LogP contribution in [0.15, 0.2) is 24.7 Å². The van der Waals surface area contributed by atoms with Crippen molar-refractivity contribution in [3.8, 4) is 22.1 Å². The minimum Gasteiger partial charge on any atom is -0.505 e. The van der Waals surface area contributed by atoms with E-state index in [1.807, 2.05) is 0 Å². The largest absolute Gasteiger partial charge is 0.505 e. The highest BCUT2D eigenvalue weighted by atomic mass is 32.1. The van der Waals surface area contributed by atoms with Crippen LogP contribution in [0.1, 0.15) is 12.8 Å². The van der Waals surface area contributed by atoms with E-state index in [1.54, 1.807) is 36.0 Å². The Balaban J connectivity index is 1.42. The van der Waals surface area contributed by atoms with E-state index in [2.05, 4.69) is 37.4 Å². The predicted octanol–water partition coefficient (Wildman–Crippen LogP) is 2.29. The summed E-state index contributed by atoms with van der Waals surface area (Å²) in [6.45, 7) is 2.10. The van der Waals surface area contributed by atoms with Gasteiger partial charge in [-0.05, 0) is 25.9 Å². The number of hydrogen-bond acceptors (Lipinski definition) is 10. The smallest absolute Gasteiger partial charge is 0.188 e. The third-order valence-corrected chi connectivity index (χ3v) is 6.95. The summed E-state index contributed by atoms with van der Waals surface area (Å²) in [5.74, 6) is 0.0447. The minimum absolute atomic E-state index is 0.0447. The van der Waals surface area contributed by atoms with E-state index < -0.39 is 0 Å². The van der Waals surface area contributed by atoms with Crippen LogP contribution in [0.5, 0.6) is 5.75 Å². The molecule has 5 rings (SSSR count). The zero-order valence-corrected chi connectivity index (χ0v) is 16.7. The summed E-state index contributed by atoms with van der Waals surface area (Å²) in [7, 11) is 2.11. The third kappa shape index (κ3) is 3.11. The van der Waals surface area contributed by atoms with Gasteiger partial charge in [0.05, 0.1) is 18.6 Å². The van der Waals surface area contributed by atoms with Crippen molar-refractivity contribution in [1.82, 2.24) is 35.3 Å². The van der Waals surface area contributed by atoms with Gasteiger partial charge in [0.15, 0.2) is 14.8 Å². The molecule has 11 heteroatoms. The Morgan fingerprint density at radius 2 is 1.89 bits per heavy atom. The molecule has 1 aliphatic heterocycles. The fourth-order valence-corrected chi connectivity index (χ4v) is 5.38. The number of thiazole rings is 2. The Kier molecular flexibility index (Phi) is 4.41. The second-order valence-corrected chi connectivity index (χ2v) is 8.53. The Morgan fingerprint density at radius 3 is 2.61 bits per heavy atom. The van der Waals surface area contributed by atoms with Crippen molar-refractivity contribution in [1.29, 1.82) is 0 Å². The SMILES string of the molecule is CN(c1nc2sc(-c3ncc(-n4nccn4)cc3O)nc2s1)C1CCNCC1. The molecule has 1 aliphatic rings. The molecule has 2 N–H and O–H groups in total. The van der Waals surface area contributed by atoms with Gasteiger partial charge in [-0.2, -0.15) is 10.2 Å². The van der Waals surface area contributed by atoms with Gasteiger partial charge >= 0.3 is 0 Å². The van der Waals surface area contributed by atoms with Gasteiger partial charge in [-0.25, -0.2) is 15.0 Å². The zero-order valence-electron chi connectivity index (χ0n) is 15.1. The molecule has 0 aliphatic carbocycles. The molecule has 4 aromatic heterocycles. The number of rotatable bonds is 4. The van der Waals surface area contributed by atoms with E-state index in [-0.39, 0.29) is 5.75 Å². The van der Waals surface area contributed by atoms with Gasteiger partial charge in [0.1, 0.15) is 22.1 Å². The lowest BCUT2D eigenvalue weighted by Crippen LogP contribution is -2.41. The quantitative estimate of drug-likeness (QED) is 0.524. The van der Waals surface area contributed by atoms with Crippen LogP contribution >= 0.6 is 22.7 Å². The van der Waals surface area contributed by atoms with Gasteiger partial charge in [0.25, 0.3) is 0 Å². The van der Waals surface area contributed by atoms with Gasteiger partial charge in [0, 0.05) is 19.2 Å². The third-order valence-electron chi connectivity index (χ3n) is 4.83. The number of pyridine rings is 1. The van der Waals surface area contributed by atoms with Crippen LogP contribution in [0.4, 0.5) is 5.13 Å². The molecule has 0 atom stereocenters. The Morgan fingerprint density at radius 1 is 1.14 bits per heavy atom. The molecule has 9 nitrogen and oxygen atoms in total. The molecular formula is C17H18N8OS2. The standard InChI is InChI=1S/C17H18N8OS2/c1-24(10-2-4-18-5-3-10)17-23-16-15(28-17)22-14(27-16)13-12(26)8-11(9-19-13)25-20-6-7-21-25/h6-10,18,26H,2-5H2,1H3. The van der Waals surface area contributed by atoms with Crippen LogP contribution in [0.25, 0.3) is 26.0 Å². The first-order valence-electron chi connectivity index (χ1n) is 8.96. The van der Waals surface area contributed by atoms with Gasteiger partial charge in [-0.1, -0.05) is 22.7 Å². The maximum absolute atomic E-state index is 10.4. The van der Waals surface area contributed by atoms with Crippen LogP contribution < -0.4 is 10.2 Å². The second-order valence-electron chi connectivity index (χ2n) is 6.60. The molecule has 0 radical (unpaired) electrons. The van der Waals surface area contributed by atoms with E-state index in [0.29, 0.717) is 22.4 Å². The molecule has 1 fully saturated rings. The maximum Gasteiger partial charge on any atom is 0.188 e. The van der Waals surface area contributed by atoms with Gasteiger partial charge in [-0.3, -0.25) is 0 Å². The highest BCUT2D eigenvalue weighted by Crippen LogP contribution is 2.38. The van der Waals surface area contributed by atoms with Crippen molar-refractivity contribution in [3.05, 3.63) is 24.7 Å². The van der Waals surface area contributed by atoms with Crippen molar-refractivity contribution < 1.29 is 5.11 Å². The van der Waals surface area contributed by atoms with Crippen molar-refractivity contribution in [2.45, 2.75) is 18.9 Å². The zero-order chi connectivity index (χ0) is 19.1. The van der Waals surface area contributed by atoms with Crippen LogP contribution in [0.3, 0.4) is 0 Å². The van der Waals surface area contributed by atoms with Crippen LogP contribution in [0, 0.1) is 0 Å². The van der Waals surface area contributed by atoms with E-state index in [0.717, 1.165) is 40.7 Å². The molecule has 5 heterocycles. The summed E-state index contributed by atoms with van der Waals surface area (Å²) >= 11 is 3.02. The van der Waals surface area contributed by atoms with Gasteiger partial charge in [-0.15, -0.1) is 4.80 Å². The number of hydrogen-bond donors (Lipinski definition) is 2. The van der Waals surface area contributed by atoms with E-state index in [4.69, 9.17) is 4.98 Å². The number of nitrogens with zero attached hydrogens (tertiary/aromatic N) is 7. The molecule has 0 unspecified atom stereocenters. The molecular weight excluding hydrogens is 396 g/mol. The average molecular weight is 415 g/mol. The van der Waals surface area contributed by atoms with Crippen molar-refractivity contribution in [3.63, 3.8) is 0 Å². The first kappa shape index (κ1) is 17.5. The summed E-state index contributed by atoms with van der Waals surface area (Å²) in [5, 5.41) is 23.6. The second kappa shape index (κ2) is 7.08. The average Bonchev–Trinajstić information content (AvgIpc) is 3.44. The maximum atomic E-state index is 10.4. The number of piperidine rings is 1. The molecule has 0 spiro atoms. The molecule has 0 saturated carbocycles. The van der Waals surface area contributed by atoms with E-state index in [9.17, 15) is 5.11 Å². The summed E-state index contributed by atoms with van der Waals surface area (Å²) in [6.07, 6.45) is 7.01. The first-order valence-corrected chi connectivity index (χ1v) is 10.6. The topological polar surface area (TPSA) is 105 Å². The lowest BCUT2D eigenvalue weighted by atomic mass is 10.1. The van der Waals surface area contributed by atoms with Crippen LogP contribution in [-0.4, -0.2) is 61.2 Å². The first-order chi connectivity index (χ1) is 13.7. The highest BCUT2D eigenvalue weighted by molar-refractivity contribution is 7.29. The van der Waals surface area contributed by atoms with Crippen molar-refractivity contribution in [2.75, 3.05) is 25.0 Å². The summed E-state index contributed by atoms with van der Waals surface area (Å²) < 4.78 is 0.